The molecule has 1 amide bonds. The minimum atomic E-state index is -0.364. The number of nitrogens with one attached hydrogen (secondary N) is 1. The van der Waals surface area contributed by atoms with Crippen molar-refractivity contribution < 1.29 is 14.3 Å². The molecule has 0 fully saturated rings. The molecule has 0 saturated heterocycles. The molecule has 96 valence electrons. The van der Waals surface area contributed by atoms with Crippen molar-refractivity contribution in [3.05, 3.63) is 42.0 Å². The maximum absolute atomic E-state index is 11.6. The van der Waals surface area contributed by atoms with Gasteiger partial charge in [-0.1, -0.05) is 6.08 Å². The Labute approximate surface area is 107 Å². The number of rotatable bonds is 5. The first-order chi connectivity index (χ1) is 8.58. The van der Waals surface area contributed by atoms with Gasteiger partial charge < -0.3 is 10.1 Å². The lowest BCUT2D eigenvalue weighted by Gasteiger charge is -2.10. The first kappa shape index (κ1) is 14.0. The zero-order chi connectivity index (χ0) is 13.5. The number of hydrogen-bond donors (Lipinski definition) is 1. The van der Waals surface area contributed by atoms with Crippen LogP contribution >= 0.6 is 0 Å². The summed E-state index contributed by atoms with van der Waals surface area (Å²) in [4.78, 5) is 22.7. The van der Waals surface area contributed by atoms with Crippen molar-refractivity contribution in [1.29, 1.82) is 0 Å². The van der Waals surface area contributed by atoms with Crippen molar-refractivity contribution in [2.45, 2.75) is 20.3 Å². The molecule has 0 bridgehead atoms. The number of benzene rings is 1. The second kappa shape index (κ2) is 6.59. The zero-order valence-electron chi connectivity index (χ0n) is 10.7. The van der Waals surface area contributed by atoms with E-state index in [1.807, 2.05) is 0 Å². The highest BCUT2D eigenvalue weighted by molar-refractivity contribution is 5.93. The third kappa shape index (κ3) is 3.73. The monoisotopic (exact) mass is 247 g/mol. The van der Waals surface area contributed by atoms with Gasteiger partial charge in [0.25, 0.3) is 0 Å². The Morgan fingerprint density at radius 2 is 2.17 bits per heavy atom. The Morgan fingerprint density at radius 1 is 1.44 bits per heavy atom. The van der Waals surface area contributed by atoms with Crippen LogP contribution in [0.25, 0.3) is 0 Å². The van der Waals surface area contributed by atoms with Crippen LogP contribution in [0.2, 0.25) is 0 Å². The molecule has 4 heteroatoms. The molecule has 0 aliphatic carbocycles. The van der Waals surface area contributed by atoms with Gasteiger partial charge in [-0.2, -0.15) is 0 Å². The van der Waals surface area contributed by atoms with Crippen LogP contribution < -0.4 is 5.32 Å². The SMILES string of the molecule is C=CCc1cc(C(=O)OCC)ccc1NC(C)=O. The topological polar surface area (TPSA) is 55.4 Å². The Bertz CT molecular complexity index is 466. The summed E-state index contributed by atoms with van der Waals surface area (Å²) < 4.78 is 4.93. The summed E-state index contributed by atoms with van der Waals surface area (Å²) >= 11 is 0. The van der Waals surface area contributed by atoms with Crippen LogP contribution in [0.15, 0.2) is 30.9 Å². The summed E-state index contributed by atoms with van der Waals surface area (Å²) in [7, 11) is 0. The Morgan fingerprint density at radius 3 is 2.72 bits per heavy atom. The lowest BCUT2D eigenvalue weighted by Crippen LogP contribution is -2.10. The highest BCUT2D eigenvalue weighted by Gasteiger charge is 2.10. The summed E-state index contributed by atoms with van der Waals surface area (Å²) in [6, 6.07) is 5.05. The van der Waals surface area contributed by atoms with Crippen LogP contribution in [0.4, 0.5) is 5.69 Å². The van der Waals surface area contributed by atoms with Gasteiger partial charge in [-0.05, 0) is 37.1 Å². The van der Waals surface area contributed by atoms with Crippen LogP contribution in [0.5, 0.6) is 0 Å². The Balaban J connectivity index is 3.05. The molecule has 1 rings (SSSR count). The molecular weight excluding hydrogens is 230 g/mol. The average Bonchev–Trinajstić information content (AvgIpc) is 2.31. The molecule has 0 atom stereocenters. The fourth-order valence-electron chi connectivity index (χ4n) is 1.57. The van der Waals surface area contributed by atoms with E-state index in [0.29, 0.717) is 24.3 Å². The van der Waals surface area contributed by atoms with Gasteiger partial charge in [-0.3, -0.25) is 4.79 Å². The highest BCUT2D eigenvalue weighted by atomic mass is 16.5. The molecule has 18 heavy (non-hydrogen) atoms. The number of ether oxygens (including phenoxy) is 1. The third-order valence-electron chi connectivity index (χ3n) is 2.29. The van der Waals surface area contributed by atoms with Crippen LogP contribution in [0.3, 0.4) is 0 Å². The largest absolute Gasteiger partial charge is 0.462 e. The van der Waals surface area contributed by atoms with Crippen LogP contribution in [0.1, 0.15) is 29.8 Å². The molecule has 1 aromatic rings. The van der Waals surface area contributed by atoms with E-state index in [1.165, 1.54) is 6.92 Å². The Kier molecular flexibility index (Phi) is 5.11. The highest BCUT2D eigenvalue weighted by Crippen LogP contribution is 2.19. The minimum Gasteiger partial charge on any atom is -0.462 e. The standard InChI is InChI=1S/C14H17NO3/c1-4-6-11-9-12(14(17)18-5-2)7-8-13(11)15-10(3)16/h4,7-9H,1,5-6H2,2-3H3,(H,15,16). The molecule has 0 heterocycles. The van der Waals surface area contributed by atoms with E-state index in [2.05, 4.69) is 11.9 Å². The number of hydrogen-bond acceptors (Lipinski definition) is 3. The third-order valence-corrected chi connectivity index (χ3v) is 2.29. The fraction of sp³-hybridized carbons (Fsp3) is 0.286. The molecule has 4 nitrogen and oxygen atoms in total. The number of allylic oxidation sites excluding steroid dienone is 1. The maximum Gasteiger partial charge on any atom is 0.338 e. The first-order valence-electron chi connectivity index (χ1n) is 5.77. The minimum absolute atomic E-state index is 0.149. The molecule has 1 aromatic carbocycles. The summed E-state index contributed by atoms with van der Waals surface area (Å²) in [5, 5.41) is 2.72. The predicted octanol–water partition coefficient (Wildman–Crippen LogP) is 2.55. The normalized spacial score (nSPS) is 9.67. The van der Waals surface area contributed by atoms with Gasteiger partial charge in [-0.25, -0.2) is 4.79 Å². The van der Waals surface area contributed by atoms with Crippen molar-refractivity contribution in [3.63, 3.8) is 0 Å². The molecule has 0 unspecified atom stereocenters. The van der Waals surface area contributed by atoms with Crippen LogP contribution in [0, 0.1) is 0 Å². The van der Waals surface area contributed by atoms with E-state index < -0.39 is 0 Å². The second-order valence-electron chi connectivity index (χ2n) is 3.77. The molecule has 0 aliphatic heterocycles. The van der Waals surface area contributed by atoms with E-state index in [4.69, 9.17) is 4.74 Å². The smallest absolute Gasteiger partial charge is 0.338 e. The van der Waals surface area contributed by atoms with Gasteiger partial charge in [-0.15, -0.1) is 6.58 Å². The lowest BCUT2D eigenvalue weighted by atomic mass is 10.1. The van der Waals surface area contributed by atoms with Gasteiger partial charge in [0.05, 0.1) is 12.2 Å². The summed E-state index contributed by atoms with van der Waals surface area (Å²) in [5.41, 5.74) is 2.00. The molecule has 0 aliphatic rings. The number of esters is 1. The van der Waals surface area contributed by atoms with E-state index in [0.717, 1.165) is 5.56 Å². The van der Waals surface area contributed by atoms with E-state index in [-0.39, 0.29) is 11.9 Å². The molecule has 1 N–H and O–H groups in total. The van der Waals surface area contributed by atoms with Gasteiger partial charge in [0, 0.05) is 12.6 Å². The first-order valence-corrected chi connectivity index (χ1v) is 5.77. The molecule has 0 saturated carbocycles. The summed E-state index contributed by atoms with van der Waals surface area (Å²) in [6.07, 6.45) is 2.29. The van der Waals surface area contributed by atoms with E-state index in [1.54, 1.807) is 31.2 Å². The second-order valence-corrected chi connectivity index (χ2v) is 3.77. The quantitative estimate of drug-likeness (QED) is 0.642. The van der Waals surface area contributed by atoms with Crippen molar-refractivity contribution in [2.75, 3.05) is 11.9 Å². The molecule has 0 spiro atoms. The van der Waals surface area contributed by atoms with Crippen LogP contribution in [-0.2, 0) is 16.0 Å². The summed E-state index contributed by atoms with van der Waals surface area (Å²) in [6.45, 7) is 7.19. The van der Waals surface area contributed by atoms with E-state index in [9.17, 15) is 9.59 Å². The van der Waals surface area contributed by atoms with Gasteiger partial charge in [0.15, 0.2) is 0 Å². The van der Waals surface area contributed by atoms with Crippen LogP contribution in [-0.4, -0.2) is 18.5 Å². The van der Waals surface area contributed by atoms with E-state index >= 15 is 0 Å². The summed E-state index contributed by atoms with van der Waals surface area (Å²) in [5.74, 6) is -0.513. The number of carbonyl (C=O) groups is 2. The fourth-order valence-corrected chi connectivity index (χ4v) is 1.57. The van der Waals surface area contributed by atoms with Crippen molar-refractivity contribution in [2.24, 2.45) is 0 Å². The molecule has 0 aromatic heterocycles. The average molecular weight is 247 g/mol. The molecule has 0 radical (unpaired) electrons. The number of anilines is 1. The zero-order valence-corrected chi connectivity index (χ0v) is 10.7. The number of amides is 1. The Hall–Kier alpha value is -2.10. The lowest BCUT2D eigenvalue weighted by molar-refractivity contribution is -0.114. The van der Waals surface area contributed by atoms with Gasteiger partial charge >= 0.3 is 5.97 Å². The van der Waals surface area contributed by atoms with Crippen molar-refractivity contribution >= 4 is 17.6 Å². The van der Waals surface area contributed by atoms with Gasteiger partial charge in [0.2, 0.25) is 5.91 Å². The molecular formula is C14H17NO3. The predicted molar refractivity (Wildman–Crippen MR) is 70.6 cm³/mol. The number of carbonyl (C=O) groups excluding carboxylic acids is 2. The van der Waals surface area contributed by atoms with Crippen molar-refractivity contribution in [1.82, 2.24) is 0 Å². The van der Waals surface area contributed by atoms with Crippen molar-refractivity contribution in [3.8, 4) is 0 Å². The van der Waals surface area contributed by atoms with Gasteiger partial charge in [0.1, 0.15) is 0 Å². The maximum atomic E-state index is 11.6.